The van der Waals surface area contributed by atoms with Crippen LogP contribution in [0.25, 0.3) is 22.3 Å². The number of carbonyl (C=O) groups excluding carboxylic acids is 1. The van der Waals surface area contributed by atoms with Crippen molar-refractivity contribution in [1.29, 1.82) is 0 Å². The van der Waals surface area contributed by atoms with E-state index in [9.17, 15) is 13.2 Å². The van der Waals surface area contributed by atoms with E-state index in [-0.39, 0.29) is 11.8 Å². The number of hydrogen-bond acceptors (Lipinski definition) is 7. The van der Waals surface area contributed by atoms with Crippen LogP contribution < -0.4 is 10.6 Å². The molecule has 0 aliphatic carbocycles. The number of fused-ring (bicyclic) bond motifs is 1. The third-order valence-electron chi connectivity index (χ3n) is 4.98. The van der Waals surface area contributed by atoms with E-state index in [1.165, 1.54) is 6.26 Å². The Labute approximate surface area is 174 Å². The van der Waals surface area contributed by atoms with Crippen LogP contribution >= 0.6 is 0 Å². The van der Waals surface area contributed by atoms with Crippen LogP contribution in [0.15, 0.2) is 30.3 Å². The summed E-state index contributed by atoms with van der Waals surface area (Å²) in [7, 11) is -3.27. The van der Waals surface area contributed by atoms with Crippen molar-refractivity contribution in [2.24, 2.45) is 5.73 Å². The number of aromatic nitrogens is 3. The Balaban J connectivity index is 1.81. The Kier molecular flexibility index (Phi) is 5.20. The molecule has 9 nitrogen and oxygen atoms in total. The van der Waals surface area contributed by atoms with Crippen LogP contribution in [0.5, 0.6) is 0 Å². The number of nitrogens with two attached hydrogens (primary N) is 1. The van der Waals surface area contributed by atoms with Crippen molar-refractivity contribution >= 4 is 32.5 Å². The van der Waals surface area contributed by atoms with E-state index >= 15 is 0 Å². The molecule has 1 fully saturated rings. The zero-order valence-electron chi connectivity index (χ0n) is 16.8. The molecule has 0 bridgehead atoms. The quantitative estimate of drug-likeness (QED) is 0.628. The lowest BCUT2D eigenvalue weighted by molar-refractivity contribution is 0.0985. The smallest absolute Gasteiger partial charge is 0.265 e. The normalized spacial score (nSPS) is 17.4. The fourth-order valence-electron chi connectivity index (χ4n) is 3.57. The van der Waals surface area contributed by atoms with Gasteiger partial charge in [0.15, 0.2) is 15.7 Å². The van der Waals surface area contributed by atoms with Crippen molar-refractivity contribution in [2.75, 3.05) is 30.9 Å². The van der Waals surface area contributed by atoms with Gasteiger partial charge in [0.1, 0.15) is 11.5 Å². The molecule has 0 saturated carbocycles. The predicted octanol–water partition coefficient (Wildman–Crippen LogP) is 1.49. The summed E-state index contributed by atoms with van der Waals surface area (Å²) in [6.07, 6.45) is 1.18. The molecular weight excluding hydrogens is 406 g/mol. The number of benzene rings is 1. The highest BCUT2D eigenvalue weighted by molar-refractivity contribution is 7.89. The zero-order chi connectivity index (χ0) is 21.5. The number of ether oxygens (including phenoxy) is 1. The lowest BCUT2D eigenvalue weighted by Gasteiger charge is -2.34. The van der Waals surface area contributed by atoms with Crippen molar-refractivity contribution in [3.63, 3.8) is 0 Å². The number of hydrogen-bond donors (Lipinski definition) is 2. The average molecular weight is 430 g/mol. The molecule has 10 heteroatoms. The maximum Gasteiger partial charge on any atom is 0.265 e. The number of rotatable bonds is 5. The van der Waals surface area contributed by atoms with Crippen molar-refractivity contribution < 1.29 is 17.9 Å². The van der Waals surface area contributed by atoms with Crippen LogP contribution in [0.1, 0.15) is 23.1 Å². The van der Waals surface area contributed by atoms with Gasteiger partial charge in [-0.25, -0.2) is 18.4 Å². The first-order chi connectivity index (χ1) is 14.2. The highest BCUT2D eigenvalue weighted by Gasteiger charge is 2.22. The van der Waals surface area contributed by atoms with Gasteiger partial charge in [0.25, 0.3) is 5.91 Å². The number of anilines is 1. The Morgan fingerprint density at radius 1 is 1.30 bits per heavy atom. The third kappa shape index (κ3) is 4.29. The number of carbonyl (C=O) groups is 1. The maximum atomic E-state index is 11.9. The summed E-state index contributed by atoms with van der Waals surface area (Å²) in [6.45, 7) is 3.85. The third-order valence-corrected chi connectivity index (χ3v) is 5.80. The van der Waals surface area contributed by atoms with Crippen LogP contribution in [0, 0.1) is 0 Å². The Hall–Kier alpha value is -2.98. The van der Waals surface area contributed by atoms with Crippen LogP contribution in [0.3, 0.4) is 0 Å². The Morgan fingerprint density at radius 3 is 2.80 bits per heavy atom. The number of morpholine rings is 1. The maximum absolute atomic E-state index is 11.9. The van der Waals surface area contributed by atoms with Gasteiger partial charge in [0.05, 0.1) is 30.7 Å². The van der Waals surface area contributed by atoms with Crippen LogP contribution in [0.2, 0.25) is 0 Å². The number of amides is 1. The molecule has 3 N–H and O–H groups in total. The van der Waals surface area contributed by atoms with Crippen LogP contribution in [0.4, 0.5) is 5.82 Å². The second-order valence-corrected chi connectivity index (χ2v) is 9.72. The molecule has 1 saturated heterocycles. The van der Waals surface area contributed by atoms with E-state index in [1.807, 2.05) is 25.1 Å². The topological polar surface area (TPSA) is 131 Å². The monoisotopic (exact) mass is 429 g/mol. The second-order valence-electron chi connectivity index (χ2n) is 7.58. The Bertz CT molecular complexity index is 1220. The summed E-state index contributed by atoms with van der Waals surface area (Å²) in [5.74, 6) is 0.379. The molecule has 30 heavy (non-hydrogen) atoms. The number of aromatic amines is 1. The summed E-state index contributed by atoms with van der Waals surface area (Å²) >= 11 is 0. The standard InChI is InChI=1S/C20H23N5O4S/c1-12-10-29-6-5-25(12)18-9-15(11-30(2,27)28)22-20(24-18)13-3-4-16-14(7-13)8-17(23-16)19(21)26/h3-4,7-9,12,23H,5-6,10-11H2,1-2H3,(H2,21,26)/t12-/m0/s1. The van der Waals surface area contributed by atoms with Gasteiger partial charge in [-0.3, -0.25) is 4.79 Å². The van der Waals surface area contributed by atoms with Crippen LogP contribution in [-0.4, -0.2) is 61.3 Å². The van der Waals surface area contributed by atoms with Gasteiger partial charge in [-0.2, -0.15) is 0 Å². The van der Waals surface area contributed by atoms with E-state index < -0.39 is 15.7 Å². The largest absolute Gasteiger partial charge is 0.377 e. The highest BCUT2D eigenvalue weighted by atomic mass is 32.2. The molecule has 158 valence electrons. The average Bonchev–Trinajstić information content (AvgIpc) is 3.10. The molecule has 2 aromatic heterocycles. The molecule has 3 aromatic rings. The van der Waals surface area contributed by atoms with E-state index in [1.54, 1.807) is 12.1 Å². The van der Waals surface area contributed by atoms with Gasteiger partial charge in [0, 0.05) is 35.3 Å². The van der Waals surface area contributed by atoms with Crippen molar-refractivity contribution in [1.82, 2.24) is 15.0 Å². The fourth-order valence-corrected chi connectivity index (χ4v) is 4.26. The number of nitrogens with one attached hydrogen (secondary N) is 1. The SMILES string of the molecule is C[C@H]1COCCN1c1cc(CS(C)(=O)=O)nc(-c2ccc3[nH]c(C(N)=O)cc3c2)n1. The number of nitrogens with zero attached hydrogens (tertiary/aromatic N) is 3. The van der Waals surface area contributed by atoms with E-state index in [2.05, 4.69) is 14.9 Å². The van der Waals surface area contributed by atoms with Crippen molar-refractivity contribution in [2.45, 2.75) is 18.7 Å². The van der Waals surface area contributed by atoms with Crippen LogP contribution in [-0.2, 0) is 20.3 Å². The lowest BCUT2D eigenvalue weighted by atomic mass is 10.1. The summed E-state index contributed by atoms with van der Waals surface area (Å²) in [5, 5.41) is 0.791. The van der Waals surface area contributed by atoms with Gasteiger partial charge < -0.3 is 20.4 Å². The van der Waals surface area contributed by atoms with Gasteiger partial charge in [0.2, 0.25) is 0 Å². The first-order valence-electron chi connectivity index (χ1n) is 9.52. The molecule has 3 heterocycles. The number of primary amides is 1. The first kappa shape index (κ1) is 20.3. The lowest BCUT2D eigenvalue weighted by Crippen LogP contribution is -2.44. The summed E-state index contributed by atoms with van der Waals surface area (Å²) < 4.78 is 29.3. The fraction of sp³-hybridized carbons (Fsp3) is 0.350. The summed E-state index contributed by atoms with van der Waals surface area (Å²) in [6, 6.07) is 9.01. The van der Waals surface area contributed by atoms with E-state index in [0.29, 0.717) is 42.8 Å². The molecule has 1 atom stereocenters. The second kappa shape index (κ2) is 7.69. The molecule has 0 radical (unpaired) electrons. The van der Waals surface area contributed by atoms with Crippen molar-refractivity contribution in [3.8, 4) is 11.4 Å². The van der Waals surface area contributed by atoms with E-state index in [0.717, 1.165) is 16.5 Å². The number of sulfone groups is 1. The number of H-pyrrole nitrogens is 1. The van der Waals surface area contributed by atoms with Gasteiger partial charge in [-0.1, -0.05) is 0 Å². The molecule has 1 aliphatic heterocycles. The van der Waals surface area contributed by atoms with Gasteiger partial charge in [-0.05, 0) is 31.2 Å². The van der Waals surface area contributed by atoms with Gasteiger partial charge in [-0.15, -0.1) is 0 Å². The molecule has 1 aromatic carbocycles. The molecule has 1 amide bonds. The Morgan fingerprint density at radius 2 is 2.10 bits per heavy atom. The molecule has 1 aliphatic rings. The van der Waals surface area contributed by atoms with Crippen molar-refractivity contribution in [3.05, 3.63) is 41.7 Å². The minimum Gasteiger partial charge on any atom is -0.377 e. The summed E-state index contributed by atoms with van der Waals surface area (Å²) in [4.78, 5) is 25.7. The minimum atomic E-state index is -3.27. The highest BCUT2D eigenvalue weighted by Crippen LogP contribution is 2.27. The summed E-state index contributed by atoms with van der Waals surface area (Å²) in [5.41, 5.74) is 7.59. The molecular formula is C20H23N5O4S. The molecule has 0 spiro atoms. The minimum absolute atomic E-state index is 0.109. The molecule has 0 unspecified atom stereocenters. The van der Waals surface area contributed by atoms with Gasteiger partial charge >= 0.3 is 0 Å². The predicted molar refractivity (Wildman–Crippen MR) is 114 cm³/mol. The molecule has 4 rings (SSSR count). The first-order valence-corrected chi connectivity index (χ1v) is 11.6. The van der Waals surface area contributed by atoms with E-state index in [4.69, 9.17) is 15.5 Å². The zero-order valence-corrected chi connectivity index (χ0v) is 17.6.